The topological polar surface area (TPSA) is 43.4 Å². The fourth-order valence-corrected chi connectivity index (χ4v) is 1.54. The Morgan fingerprint density at radius 3 is 2.65 bits per heavy atom. The number of methoxy groups -OCH3 is 1. The molecule has 4 heteroatoms. The van der Waals surface area contributed by atoms with E-state index in [1.165, 1.54) is 25.3 Å². The molecule has 0 unspecified atom stereocenters. The standard InChI is InChI=1S/C13H15FO3/c1-9(7-13(16)17-2)6-12(15)10-4-3-5-11(14)8-10/h3-5,8-9H,6-7H2,1-2H3/t9-/m0/s1. The number of hydrogen-bond donors (Lipinski definition) is 0. The SMILES string of the molecule is COC(=O)C[C@@H](C)CC(=O)c1cccc(F)c1. The second-order valence-electron chi connectivity index (χ2n) is 4.02. The van der Waals surface area contributed by atoms with Gasteiger partial charge in [0.25, 0.3) is 0 Å². The molecule has 0 N–H and O–H groups in total. The molecule has 0 spiro atoms. The van der Waals surface area contributed by atoms with Gasteiger partial charge in [0.1, 0.15) is 5.82 Å². The van der Waals surface area contributed by atoms with Gasteiger partial charge >= 0.3 is 5.97 Å². The first-order chi connectivity index (χ1) is 8.02. The maximum absolute atomic E-state index is 12.9. The highest BCUT2D eigenvalue weighted by atomic mass is 19.1. The first kappa shape index (κ1) is 13.4. The van der Waals surface area contributed by atoms with Gasteiger partial charge in [-0.25, -0.2) is 4.39 Å². The lowest BCUT2D eigenvalue weighted by atomic mass is 9.97. The highest BCUT2D eigenvalue weighted by Gasteiger charge is 2.15. The molecule has 0 aliphatic heterocycles. The summed E-state index contributed by atoms with van der Waals surface area (Å²) >= 11 is 0. The van der Waals surface area contributed by atoms with E-state index in [1.807, 2.05) is 0 Å². The fraction of sp³-hybridized carbons (Fsp3) is 0.385. The van der Waals surface area contributed by atoms with Crippen molar-refractivity contribution in [1.82, 2.24) is 0 Å². The fourth-order valence-electron chi connectivity index (χ4n) is 1.54. The van der Waals surface area contributed by atoms with Crippen LogP contribution in [0.15, 0.2) is 24.3 Å². The zero-order valence-electron chi connectivity index (χ0n) is 9.90. The van der Waals surface area contributed by atoms with Crippen molar-refractivity contribution in [2.24, 2.45) is 5.92 Å². The van der Waals surface area contributed by atoms with Gasteiger partial charge in [0.2, 0.25) is 0 Å². The summed E-state index contributed by atoms with van der Waals surface area (Å²) in [6.45, 7) is 1.79. The van der Waals surface area contributed by atoms with Crippen LogP contribution in [0.5, 0.6) is 0 Å². The summed E-state index contributed by atoms with van der Waals surface area (Å²) in [4.78, 5) is 22.8. The van der Waals surface area contributed by atoms with E-state index in [0.717, 1.165) is 0 Å². The number of ether oxygens (including phenoxy) is 1. The molecule has 0 saturated heterocycles. The summed E-state index contributed by atoms with van der Waals surface area (Å²) in [6, 6.07) is 5.55. The van der Waals surface area contributed by atoms with Crippen LogP contribution in [0.25, 0.3) is 0 Å². The minimum absolute atomic E-state index is 0.113. The number of carbonyl (C=O) groups excluding carboxylic acids is 2. The van der Waals surface area contributed by atoms with Gasteiger partial charge in [-0.3, -0.25) is 9.59 Å². The minimum atomic E-state index is -0.434. The van der Waals surface area contributed by atoms with Gasteiger partial charge in [0.15, 0.2) is 5.78 Å². The van der Waals surface area contributed by atoms with Gasteiger partial charge in [-0.2, -0.15) is 0 Å². The average Bonchev–Trinajstić information content (AvgIpc) is 2.28. The lowest BCUT2D eigenvalue weighted by Crippen LogP contribution is -2.12. The third-order valence-corrected chi connectivity index (χ3v) is 2.42. The van der Waals surface area contributed by atoms with Crippen LogP contribution in [0, 0.1) is 11.7 Å². The normalized spacial score (nSPS) is 11.9. The molecule has 1 aromatic carbocycles. The van der Waals surface area contributed by atoms with Crippen LogP contribution in [0.3, 0.4) is 0 Å². The maximum Gasteiger partial charge on any atom is 0.305 e. The summed E-state index contributed by atoms with van der Waals surface area (Å²) in [7, 11) is 1.31. The molecule has 0 aliphatic rings. The Kier molecular flexibility index (Phi) is 4.82. The van der Waals surface area contributed by atoms with Crippen LogP contribution < -0.4 is 0 Å². The van der Waals surface area contributed by atoms with Crippen molar-refractivity contribution >= 4 is 11.8 Å². The molecule has 0 heterocycles. The van der Waals surface area contributed by atoms with Gasteiger partial charge in [0, 0.05) is 18.4 Å². The zero-order valence-corrected chi connectivity index (χ0v) is 9.90. The Hall–Kier alpha value is -1.71. The summed E-state index contributed by atoms with van der Waals surface area (Å²) < 4.78 is 17.4. The van der Waals surface area contributed by atoms with Crippen LogP contribution >= 0.6 is 0 Å². The second kappa shape index (κ2) is 6.13. The van der Waals surface area contributed by atoms with Crippen molar-refractivity contribution in [2.75, 3.05) is 7.11 Å². The number of hydrogen-bond acceptors (Lipinski definition) is 3. The van der Waals surface area contributed by atoms with Crippen LogP contribution in [-0.2, 0) is 9.53 Å². The van der Waals surface area contributed by atoms with Crippen molar-refractivity contribution in [3.8, 4) is 0 Å². The van der Waals surface area contributed by atoms with Gasteiger partial charge in [0.05, 0.1) is 7.11 Å². The van der Waals surface area contributed by atoms with E-state index in [2.05, 4.69) is 4.74 Å². The van der Waals surface area contributed by atoms with E-state index < -0.39 is 5.82 Å². The molecule has 0 saturated carbocycles. The first-order valence-corrected chi connectivity index (χ1v) is 5.38. The van der Waals surface area contributed by atoms with Crippen molar-refractivity contribution in [2.45, 2.75) is 19.8 Å². The molecule has 1 atom stereocenters. The molecular weight excluding hydrogens is 223 g/mol. The number of esters is 1. The maximum atomic E-state index is 12.9. The Morgan fingerprint density at radius 2 is 2.06 bits per heavy atom. The number of rotatable bonds is 5. The molecule has 1 aromatic rings. The molecule has 0 aliphatic carbocycles. The van der Waals surface area contributed by atoms with Crippen molar-refractivity contribution in [3.63, 3.8) is 0 Å². The van der Waals surface area contributed by atoms with Gasteiger partial charge in [-0.15, -0.1) is 0 Å². The van der Waals surface area contributed by atoms with E-state index in [1.54, 1.807) is 13.0 Å². The number of halogens is 1. The number of Topliss-reactive ketones (excluding diaryl/α,β-unsaturated/α-hetero) is 1. The Labute approximate surface area is 99.6 Å². The average molecular weight is 238 g/mol. The monoisotopic (exact) mass is 238 g/mol. The number of ketones is 1. The molecule has 3 nitrogen and oxygen atoms in total. The summed E-state index contributed by atoms with van der Waals surface area (Å²) in [5.41, 5.74) is 0.335. The van der Waals surface area contributed by atoms with E-state index >= 15 is 0 Å². The lowest BCUT2D eigenvalue weighted by Gasteiger charge is -2.08. The molecule has 0 fully saturated rings. The summed E-state index contributed by atoms with van der Waals surface area (Å²) in [5.74, 6) is -1.06. The predicted octanol–water partition coefficient (Wildman–Crippen LogP) is 2.60. The Morgan fingerprint density at radius 1 is 1.35 bits per heavy atom. The molecule has 1 rings (SSSR count). The zero-order chi connectivity index (χ0) is 12.8. The van der Waals surface area contributed by atoms with Gasteiger partial charge in [-0.1, -0.05) is 19.1 Å². The third kappa shape index (κ3) is 4.34. The number of carbonyl (C=O) groups is 2. The molecule has 0 radical (unpaired) electrons. The molecule has 0 bridgehead atoms. The molecule has 92 valence electrons. The van der Waals surface area contributed by atoms with E-state index in [9.17, 15) is 14.0 Å². The third-order valence-electron chi connectivity index (χ3n) is 2.42. The molecule has 0 aromatic heterocycles. The highest BCUT2D eigenvalue weighted by Crippen LogP contribution is 2.14. The van der Waals surface area contributed by atoms with Crippen LogP contribution in [0.2, 0.25) is 0 Å². The highest BCUT2D eigenvalue weighted by molar-refractivity contribution is 5.96. The van der Waals surface area contributed by atoms with Crippen molar-refractivity contribution < 1.29 is 18.7 Å². The Balaban J connectivity index is 2.57. The quantitative estimate of drug-likeness (QED) is 0.585. The van der Waals surface area contributed by atoms with Gasteiger partial charge < -0.3 is 4.74 Å². The van der Waals surface area contributed by atoms with E-state index in [-0.39, 0.29) is 30.5 Å². The Bertz CT molecular complexity index is 415. The lowest BCUT2D eigenvalue weighted by molar-refractivity contribution is -0.141. The van der Waals surface area contributed by atoms with Crippen LogP contribution in [0.1, 0.15) is 30.1 Å². The minimum Gasteiger partial charge on any atom is -0.469 e. The first-order valence-electron chi connectivity index (χ1n) is 5.38. The smallest absolute Gasteiger partial charge is 0.305 e. The van der Waals surface area contributed by atoms with E-state index in [4.69, 9.17) is 0 Å². The van der Waals surface area contributed by atoms with Crippen LogP contribution in [-0.4, -0.2) is 18.9 Å². The van der Waals surface area contributed by atoms with Crippen LogP contribution in [0.4, 0.5) is 4.39 Å². The molecule has 0 amide bonds. The number of benzene rings is 1. The molecule has 17 heavy (non-hydrogen) atoms. The summed E-state index contributed by atoms with van der Waals surface area (Å²) in [5, 5.41) is 0. The van der Waals surface area contributed by atoms with Crippen molar-refractivity contribution in [3.05, 3.63) is 35.6 Å². The largest absolute Gasteiger partial charge is 0.469 e. The molecular formula is C13H15FO3. The van der Waals surface area contributed by atoms with E-state index in [0.29, 0.717) is 5.56 Å². The second-order valence-corrected chi connectivity index (χ2v) is 4.02. The predicted molar refractivity (Wildman–Crippen MR) is 61.1 cm³/mol. The summed E-state index contributed by atoms with van der Waals surface area (Å²) in [6.07, 6.45) is 0.399. The van der Waals surface area contributed by atoms with Gasteiger partial charge in [-0.05, 0) is 18.1 Å². The van der Waals surface area contributed by atoms with Crippen molar-refractivity contribution in [1.29, 1.82) is 0 Å².